The van der Waals surface area contributed by atoms with Crippen LogP contribution in [0.4, 0.5) is 5.69 Å². The molecule has 134 valence electrons. The van der Waals surface area contributed by atoms with E-state index in [1.54, 1.807) is 0 Å². The van der Waals surface area contributed by atoms with Gasteiger partial charge in [-0.15, -0.1) is 24.0 Å². The molecule has 0 radical (unpaired) electrons. The zero-order valence-electron chi connectivity index (χ0n) is 14.6. The summed E-state index contributed by atoms with van der Waals surface area (Å²) in [6, 6.07) is 6.54. The first-order valence-electron chi connectivity index (χ1n) is 8.80. The maximum atomic E-state index is 6.03. The molecule has 0 unspecified atom stereocenters. The fourth-order valence-electron chi connectivity index (χ4n) is 3.47. The first-order chi connectivity index (χ1) is 11.2. The molecule has 1 aliphatic carbocycles. The predicted molar refractivity (Wildman–Crippen MR) is 113 cm³/mol. The van der Waals surface area contributed by atoms with Gasteiger partial charge in [0.05, 0.1) is 6.54 Å². The third-order valence-electron chi connectivity index (χ3n) is 4.88. The van der Waals surface area contributed by atoms with Crippen LogP contribution in [0.15, 0.2) is 23.2 Å². The maximum Gasteiger partial charge on any atom is 0.193 e. The van der Waals surface area contributed by atoms with Gasteiger partial charge in [0.2, 0.25) is 0 Å². The standard InChI is InChI=1S/C18H29N5.HI/c1-22-9-3-10-23(13-12-22)11-8-20-18(19)21-17-7-6-15-4-2-5-16(15)14-17;/h6-7,14H,2-5,8-13H2,1H3,(H3,19,20,21);1H. The van der Waals surface area contributed by atoms with E-state index in [9.17, 15) is 0 Å². The molecule has 1 fully saturated rings. The largest absolute Gasteiger partial charge is 0.370 e. The number of halogens is 1. The molecule has 0 bridgehead atoms. The van der Waals surface area contributed by atoms with E-state index in [1.807, 2.05) is 0 Å². The Morgan fingerprint density at radius 2 is 1.96 bits per heavy atom. The molecule has 0 spiro atoms. The summed E-state index contributed by atoms with van der Waals surface area (Å²) in [5, 5.41) is 3.23. The van der Waals surface area contributed by atoms with Crippen LogP contribution in [0.2, 0.25) is 0 Å². The van der Waals surface area contributed by atoms with Gasteiger partial charge in [-0.05, 0) is 69.1 Å². The third-order valence-corrected chi connectivity index (χ3v) is 4.88. The highest BCUT2D eigenvalue weighted by atomic mass is 127. The van der Waals surface area contributed by atoms with E-state index >= 15 is 0 Å². The first-order valence-corrected chi connectivity index (χ1v) is 8.80. The number of nitrogens with one attached hydrogen (secondary N) is 1. The molecule has 1 aromatic carbocycles. The van der Waals surface area contributed by atoms with Crippen molar-refractivity contribution in [3.63, 3.8) is 0 Å². The van der Waals surface area contributed by atoms with E-state index < -0.39 is 0 Å². The lowest BCUT2D eigenvalue weighted by Crippen LogP contribution is -2.32. The number of likely N-dealkylation sites (N-methyl/N-ethyl adjacent to an activating group) is 1. The van der Waals surface area contributed by atoms with Crippen molar-refractivity contribution >= 4 is 35.6 Å². The SMILES string of the molecule is CN1CCCN(CCN=C(N)Nc2ccc3c(c2)CCC3)CC1.I. The summed E-state index contributed by atoms with van der Waals surface area (Å²) in [7, 11) is 2.19. The smallest absolute Gasteiger partial charge is 0.193 e. The van der Waals surface area contributed by atoms with Gasteiger partial charge in [0.25, 0.3) is 0 Å². The summed E-state index contributed by atoms with van der Waals surface area (Å²) in [6.45, 7) is 6.38. The molecule has 6 heteroatoms. The summed E-state index contributed by atoms with van der Waals surface area (Å²) >= 11 is 0. The number of rotatable bonds is 4. The van der Waals surface area contributed by atoms with Gasteiger partial charge in [0.1, 0.15) is 0 Å². The molecule has 1 saturated heterocycles. The van der Waals surface area contributed by atoms with Crippen LogP contribution >= 0.6 is 24.0 Å². The molecule has 1 heterocycles. The zero-order chi connectivity index (χ0) is 16.1. The number of aliphatic imine (C=N–C) groups is 1. The summed E-state index contributed by atoms with van der Waals surface area (Å²) < 4.78 is 0. The lowest BCUT2D eigenvalue weighted by atomic mass is 10.1. The Labute approximate surface area is 162 Å². The van der Waals surface area contributed by atoms with Crippen molar-refractivity contribution in [2.45, 2.75) is 25.7 Å². The second-order valence-electron chi connectivity index (χ2n) is 6.73. The van der Waals surface area contributed by atoms with Crippen LogP contribution in [0.3, 0.4) is 0 Å². The van der Waals surface area contributed by atoms with Crippen molar-refractivity contribution in [3.8, 4) is 0 Å². The predicted octanol–water partition coefficient (Wildman–Crippen LogP) is 2.16. The molecule has 1 aromatic rings. The summed E-state index contributed by atoms with van der Waals surface area (Å²) in [5.41, 5.74) is 10.0. The van der Waals surface area contributed by atoms with Crippen LogP contribution in [-0.4, -0.2) is 62.1 Å². The van der Waals surface area contributed by atoms with Gasteiger partial charge in [0, 0.05) is 25.3 Å². The highest BCUT2D eigenvalue weighted by Gasteiger charge is 2.12. The second kappa shape index (κ2) is 9.58. The molecular formula is C18H30IN5. The number of guanidine groups is 1. The van der Waals surface area contributed by atoms with Gasteiger partial charge in [-0.1, -0.05) is 6.07 Å². The topological polar surface area (TPSA) is 56.9 Å². The van der Waals surface area contributed by atoms with Gasteiger partial charge in [0.15, 0.2) is 5.96 Å². The minimum Gasteiger partial charge on any atom is -0.370 e. The number of hydrogen-bond donors (Lipinski definition) is 2. The monoisotopic (exact) mass is 443 g/mol. The molecule has 0 atom stereocenters. The van der Waals surface area contributed by atoms with E-state index in [4.69, 9.17) is 5.73 Å². The molecule has 3 N–H and O–H groups in total. The van der Waals surface area contributed by atoms with Gasteiger partial charge in [-0.25, -0.2) is 0 Å². The third kappa shape index (κ3) is 5.60. The molecule has 3 rings (SSSR count). The van der Waals surface area contributed by atoms with E-state index in [-0.39, 0.29) is 24.0 Å². The summed E-state index contributed by atoms with van der Waals surface area (Å²) in [5.74, 6) is 0.523. The Morgan fingerprint density at radius 3 is 2.83 bits per heavy atom. The number of benzene rings is 1. The first kappa shape index (κ1) is 19.5. The number of nitrogens with two attached hydrogens (primary N) is 1. The normalized spacial score (nSPS) is 19.5. The lowest BCUT2D eigenvalue weighted by Gasteiger charge is -2.18. The average Bonchev–Trinajstić information content (AvgIpc) is 2.90. The number of aryl methyl sites for hydroxylation is 2. The minimum absolute atomic E-state index is 0. The van der Waals surface area contributed by atoms with Crippen molar-refractivity contribution in [3.05, 3.63) is 29.3 Å². The van der Waals surface area contributed by atoms with Gasteiger partial charge >= 0.3 is 0 Å². The average molecular weight is 443 g/mol. The van der Waals surface area contributed by atoms with E-state index in [1.165, 1.54) is 43.4 Å². The lowest BCUT2D eigenvalue weighted by molar-refractivity contribution is 0.283. The van der Waals surface area contributed by atoms with Crippen molar-refractivity contribution in [1.82, 2.24) is 9.80 Å². The van der Waals surface area contributed by atoms with Crippen molar-refractivity contribution in [1.29, 1.82) is 0 Å². The molecule has 5 nitrogen and oxygen atoms in total. The molecule has 0 saturated carbocycles. The zero-order valence-corrected chi connectivity index (χ0v) is 17.0. The maximum absolute atomic E-state index is 6.03. The molecular weight excluding hydrogens is 413 g/mol. The van der Waals surface area contributed by atoms with Crippen molar-refractivity contribution in [2.24, 2.45) is 10.7 Å². The molecule has 0 aromatic heterocycles. The Kier molecular flexibility index (Phi) is 7.77. The Morgan fingerprint density at radius 1 is 1.12 bits per heavy atom. The Hall–Kier alpha value is -0.860. The quantitative estimate of drug-likeness (QED) is 0.426. The summed E-state index contributed by atoms with van der Waals surface area (Å²) in [6.07, 6.45) is 4.91. The Bertz CT molecular complexity index is 560. The van der Waals surface area contributed by atoms with Crippen molar-refractivity contribution in [2.75, 3.05) is 51.6 Å². The molecule has 1 aliphatic heterocycles. The minimum atomic E-state index is 0. The van der Waals surface area contributed by atoms with Crippen molar-refractivity contribution < 1.29 is 0 Å². The fraction of sp³-hybridized carbons (Fsp3) is 0.611. The van der Waals surface area contributed by atoms with Gasteiger partial charge in [-0.2, -0.15) is 0 Å². The molecule has 2 aliphatic rings. The van der Waals surface area contributed by atoms with Crippen LogP contribution in [0.5, 0.6) is 0 Å². The number of anilines is 1. The van der Waals surface area contributed by atoms with E-state index in [2.05, 4.69) is 45.4 Å². The highest BCUT2D eigenvalue weighted by Crippen LogP contribution is 2.24. The van der Waals surface area contributed by atoms with Crippen LogP contribution in [-0.2, 0) is 12.8 Å². The van der Waals surface area contributed by atoms with Gasteiger partial charge < -0.3 is 20.9 Å². The van der Waals surface area contributed by atoms with E-state index in [0.29, 0.717) is 5.96 Å². The second-order valence-corrected chi connectivity index (χ2v) is 6.73. The van der Waals surface area contributed by atoms with Crippen LogP contribution < -0.4 is 11.1 Å². The molecule has 24 heavy (non-hydrogen) atoms. The summed E-state index contributed by atoms with van der Waals surface area (Å²) in [4.78, 5) is 9.36. The van der Waals surface area contributed by atoms with Crippen LogP contribution in [0.1, 0.15) is 24.0 Å². The molecule has 0 amide bonds. The van der Waals surface area contributed by atoms with E-state index in [0.717, 1.165) is 38.4 Å². The highest BCUT2D eigenvalue weighted by molar-refractivity contribution is 14.0. The Balaban J connectivity index is 0.00000208. The van der Waals surface area contributed by atoms with Gasteiger partial charge in [-0.3, -0.25) is 4.99 Å². The fourth-order valence-corrected chi connectivity index (χ4v) is 3.47. The number of fused-ring (bicyclic) bond motifs is 1. The number of nitrogens with zero attached hydrogens (tertiary/aromatic N) is 3. The van der Waals surface area contributed by atoms with Crippen LogP contribution in [0, 0.1) is 0 Å². The number of hydrogen-bond acceptors (Lipinski definition) is 3. The van der Waals surface area contributed by atoms with Crippen LogP contribution in [0.25, 0.3) is 0 Å².